The third-order valence-electron chi connectivity index (χ3n) is 2.45. The van der Waals surface area contributed by atoms with Gasteiger partial charge in [-0.1, -0.05) is 6.08 Å². The van der Waals surface area contributed by atoms with Crippen LogP contribution in [0, 0.1) is 0 Å². The van der Waals surface area contributed by atoms with Crippen LogP contribution in [0.5, 0.6) is 5.88 Å². The molecule has 0 atom stereocenters. The second-order valence-corrected chi connectivity index (χ2v) is 4.27. The predicted octanol–water partition coefficient (Wildman–Crippen LogP) is 1.44. The Bertz CT molecular complexity index is 616. The van der Waals surface area contributed by atoms with Crippen LogP contribution in [0.25, 0.3) is 11.0 Å². The molecule has 2 aromatic heterocycles. The zero-order chi connectivity index (χ0) is 13.8. The largest absolute Gasteiger partial charge is 0.474 e. The van der Waals surface area contributed by atoms with Crippen molar-refractivity contribution in [3.63, 3.8) is 0 Å². The van der Waals surface area contributed by atoms with Gasteiger partial charge in [-0.3, -0.25) is 4.79 Å². The van der Waals surface area contributed by atoms with Crippen LogP contribution < -0.4 is 10.5 Å². The summed E-state index contributed by atoms with van der Waals surface area (Å²) in [6, 6.07) is 0. The maximum Gasteiger partial charge on any atom is 0.227 e. The number of carbonyl (C=O) groups excluding carboxylic acids is 1. The number of fused-ring (bicyclic) bond motifs is 1. The van der Waals surface area contributed by atoms with Gasteiger partial charge in [0.05, 0.1) is 17.1 Å². The highest BCUT2D eigenvalue weighted by atomic mass is 16.5. The highest BCUT2D eigenvalue weighted by Gasteiger charge is 2.16. The van der Waals surface area contributed by atoms with Gasteiger partial charge in [0.25, 0.3) is 0 Å². The molecule has 2 heterocycles. The van der Waals surface area contributed by atoms with E-state index in [4.69, 9.17) is 10.5 Å². The normalized spacial score (nSPS) is 11.6. The van der Waals surface area contributed by atoms with E-state index in [0.717, 1.165) is 0 Å². The van der Waals surface area contributed by atoms with Crippen molar-refractivity contribution < 1.29 is 9.53 Å². The van der Waals surface area contributed by atoms with Gasteiger partial charge >= 0.3 is 0 Å². The third-order valence-corrected chi connectivity index (χ3v) is 2.45. The highest BCUT2D eigenvalue weighted by molar-refractivity contribution is 6.13. The van der Waals surface area contributed by atoms with Crippen LogP contribution >= 0.6 is 0 Å². The quantitative estimate of drug-likeness (QED) is 0.626. The lowest BCUT2D eigenvalue weighted by atomic mass is 10.1. The molecule has 0 spiro atoms. The van der Waals surface area contributed by atoms with Gasteiger partial charge in [-0.2, -0.15) is 0 Å². The average Bonchev–Trinajstić information content (AvgIpc) is 2.80. The van der Waals surface area contributed by atoms with Crippen LogP contribution in [-0.4, -0.2) is 33.4 Å². The fourth-order valence-corrected chi connectivity index (χ4v) is 1.71. The summed E-state index contributed by atoms with van der Waals surface area (Å²) >= 11 is 0. The first-order valence-corrected chi connectivity index (χ1v) is 6.03. The average molecular weight is 260 g/mol. The minimum atomic E-state index is -0.153. The number of rotatable bonds is 5. The summed E-state index contributed by atoms with van der Waals surface area (Å²) in [7, 11) is 0. The highest BCUT2D eigenvalue weighted by Crippen LogP contribution is 2.26. The van der Waals surface area contributed by atoms with E-state index in [2.05, 4.69) is 15.0 Å². The maximum atomic E-state index is 12.0. The van der Waals surface area contributed by atoms with Crippen molar-refractivity contribution in [1.82, 2.24) is 15.0 Å². The van der Waals surface area contributed by atoms with Crippen LogP contribution in [0.4, 0.5) is 0 Å². The number of ether oxygens (including phenoxy) is 1. The van der Waals surface area contributed by atoms with E-state index in [1.165, 1.54) is 12.4 Å². The number of nitrogens with one attached hydrogen (secondary N) is 1. The summed E-state index contributed by atoms with van der Waals surface area (Å²) in [6.07, 6.45) is 6.02. The number of nitrogens with zero attached hydrogens (tertiary/aromatic N) is 2. The maximum absolute atomic E-state index is 12.0. The van der Waals surface area contributed by atoms with E-state index in [9.17, 15) is 4.79 Å². The predicted molar refractivity (Wildman–Crippen MR) is 72.2 cm³/mol. The fourth-order valence-electron chi connectivity index (χ4n) is 1.71. The van der Waals surface area contributed by atoms with Gasteiger partial charge in [0.1, 0.15) is 12.0 Å². The van der Waals surface area contributed by atoms with Crippen LogP contribution in [0.15, 0.2) is 24.7 Å². The number of carbonyl (C=O) groups is 1. The molecule has 0 aliphatic carbocycles. The van der Waals surface area contributed by atoms with Gasteiger partial charge in [-0.15, -0.1) is 0 Å². The Kier molecular flexibility index (Phi) is 3.91. The van der Waals surface area contributed by atoms with Crippen molar-refractivity contribution in [2.75, 3.05) is 6.54 Å². The summed E-state index contributed by atoms with van der Waals surface area (Å²) in [5.41, 5.74) is 6.40. The minimum absolute atomic E-state index is 0.0319. The number of ketones is 1. The first-order valence-electron chi connectivity index (χ1n) is 6.03. The molecule has 0 saturated heterocycles. The Morgan fingerprint density at radius 3 is 3.00 bits per heavy atom. The fraction of sp³-hybridized carbons (Fsp3) is 0.308. The van der Waals surface area contributed by atoms with Crippen molar-refractivity contribution in [1.29, 1.82) is 0 Å². The Morgan fingerprint density at radius 1 is 1.53 bits per heavy atom. The third kappa shape index (κ3) is 2.79. The van der Waals surface area contributed by atoms with E-state index in [-0.39, 0.29) is 11.9 Å². The zero-order valence-corrected chi connectivity index (χ0v) is 10.9. The standard InChI is InChI=1S/C13H16N4O2/c1-8(2)19-13-11-9(10(18)4-3-5-14)6-15-12(11)16-7-17-13/h3-4,6-8H,5,14H2,1-2H3,(H,15,16,17)/b4-3+. The van der Waals surface area contributed by atoms with Crippen LogP contribution in [0.3, 0.4) is 0 Å². The number of nitrogens with two attached hydrogens (primary N) is 1. The van der Waals surface area contributed by atoms with Crippen molar-refractivity contribution in [2.24, 2.45) is 5.73 Å². The molecule has 6 nitrogen and oxygen atoms in total. The lowest BCUT2D eigenvalue weighted by Crippen LogP contribution is -2.08. The number of allylic oxidation sites excluding steroid dienone is 1. The Morgan fingerprint density at radius 2 is 2.32 bits per heavy atom. The molecule has 2 aromatic rings. The monoisotopic (exact) mass is 260 g/mol. The molecule has 0 aromatic carbocycles. The van der Waals surface area contributed by atoms with Crippen molar-refractivity contribution in [2.45, 2.75) is 20.0 Å². The lowest BCUT2D eigenvalue weighted by Gasteiger charge is -2.09. The topological polar surface area (TPSA) is 93.9 Å². The molecular weight excluding hydrogens is 244 g/mol. The van der Waals surface area contributed by atoms with Gasteiger partial charge in [0, 0.05) is 12.7 Å². The molecule has 0 saturated carbocycles. The first kappa shape index (κ1) is 13.2. The number of hydrogen-bond donors (Lipinski definition) is 2. The number of aromatic nitrogens is 3. The molecule has 0 aliphatic heterocycles. The van der Waals surface area contributed by atoms with Crippen molar-refractivity contribution >= 4 is 16.8 Å². The lowest BCUT2D eigenvalue weighted by molar-refractivity contribution is 0.104. The smallest absolute Gasteiger partial charge is 0.227 e. The molecule has 0 bridgehead atoms. The first-order chi connectivity index (χ1) is 9.13. The van der Waals surface area contributed by atoms with Gasteiger partial charge < -0.3 is 15.5 Å². The van der Waals surface area contributed by atoms with Crippen LogP contribution in [0.1, 0.15) is 24.2 Å². The van der Waals surface area contributed by atoms with Gasteiger partial charge in [-0.05, 0) is 19.9 Å². The van der Waals surface area contributed by atoms with Gasteiger partial charge in [0.2, 0.25) is 5.88 Å². The molecule has 0 fully saturated rings. The summed E-state index contributed by atoms with van der Waals surface area (Å²) in [5.74, 6) is 0.255. The number of H-pyrrole nitrogens is 1. The Hall–Kier alpha value is -2.21. The van der Waals surface area contributed by atoms with E-state index in [1.54, 1.807) is 12.3 Å². The molecule has 3 N–H and O–H groups in total. The van der Waals surface area contributed by atoms with Crippen LogP contribution in [0.2, 0.25) is 0 Å². The molecule has 19 heavy (non-hydrogen) atoms. The Balaban J connectivity index is 2.50. The zero-order valence-electron chi connectivity index (χ0n) is 10.9. The summed E-state index contributed by atoms with van der Waals surface area (Å²) in [5, 5.41) is 0.600. The summed E-state index contributed by atoms with van der Waals surface area (Å²) in [4.78, 5) is 23.2. The van der Waals surface area contributed by atoms with E-state index in [1.807, 2.05) is 13.8 Å². The molecule has 2 rings (SSSR count). The summed E-state index contributed by atoms with van der Waals surface area (Å²) < 4.78 is 5.61. The second kappa shape index (κ2) is 5.62. The van der Waals surface area contributed by atoms with Crippen molar-refractivity contribution in [3.8, 4) is 5.88 Å². The minimum Gasteiger partial charge on any atom is -0.474 e. The SMILES string of the molecule is CC(C)Oc1ncnc2[nH]cc(C(=O)/C=C/CN)c12. The molecule has 0 radical (unpaired) electrons. The summed E-state index contributed by atoms with van der Waals surface area (Å²) in [6.45, 7) is 4.12. The second-order valence-electron chi connectivity index (χ2n) is 4.27. The van der Waals surface area contributed by atoms with Crippen molar-refractivity contribution in [3.05, 3.63) is 30.2 Å². The van der Waals surface area contributed by atoms with Gasteiger partial charge in [0.15, 0.2) is 5.78 Å². The molecule has 0 amide bonds. The molecule has 100 valence electrons. The molecule has 0 aliphatic rings. The van der Waals surface area contributed by atoms with E-state index >= 15 is 0 Å². The Labute approximate surface area is 110 Å². The molecule has 6 heteroatoms. The molecule has 0 unspecified atom stereocenters. The molecular formula is C13H16N4O2. The number of hydrogen-bond acceptors (Lipinski definition) is 5. The van der Waals surface area contributed by atoms with E-state index in [0.29, 0.717) is 29.0 Å². The van der Waals surface area contributed by atoms with E-state index < -0.39 is 0 Å². The number of aromatic amines is 1. The van der Waals surface area contributed by atoms with Gasteiger partial charge in [-0.25, -0.2) is 9.97 Å². The van der Waals surface area contributed by atoms with Crippen LogP contribution in [-0.2, 0) is 0 Å².